The minimum absolute atomic E-state index is 0.183. The molecule has 2 amide bonds. The molecule has 1 aliphatic heterocycles. The molecule has 3 aromatic rings. The predicted octanol–water partition coefficient (Wildman–Crippen LogP) is 3.64. The summed E-state index contributed by atoms with van der Waals surface area (Å²) >= 11 is 0. The number of benzene rings is 2. The number of esters is 2. The number of urea groups is 1. The Morgan fingerprint density at radius 1 is 1.07 bits per heavy atom. The van der Waals surface area contributed by atoms with Gasteiger partial charge in [-0.3, -0.25) is 5.43 Å². The molecule has 0 radical (unpaired) electrons. The van der Waals surface area contributed by atoms with Gasteiger partial charge in [0.15, 0.2) is 17.7 Å². The highest BCUT2D eigenvalue weighted by Gasteiger charge is 2.32. The van der Waals surface area contributed by atoms with Crippen LogP contribution in [0, 0.1) is 0 Å². The minimum atomic E-state index is -1.18. The van der Waals surface area contributed by atoms with Gasteiger partial charge in [-0.05, 0) is 62.7 Å². The third-order valence-electron chi connectivity index (χ3n) is 6.37. The number of carbonyl (C=O) groups is 3. The van der Waals surface area contributed by atoms with Crippen molar-refractivity contribution < 1.29 is 42.9 Å². The monoisotopic (exact) mass is 606 g/mol. The maximum Gasteiger partial charge on any atom is 0.338 e. The summed E-state index contributed by atoms with van der Waals surface area (Å²) in [7, 11) is 1.27. The van der Waals surface area contributed by atoms with Crippen molar-refractivity contribution in [3.8, 4) is 22.8 Å². The molecule has 0 saturated carbocycles. The number of carbonyl (C=O) groups excluding carboxylic acids is 3. The maximum absolute atomic E-state index is 12.4. The first kappa shape index (κ1) is 31.6. The van der Waals surface area contributed by atoms with E-state index in [1.54, 1.807) is 69.3 Å². The van der Waals surface area contributed by atoms with Crippen LogP contribution in [0.5, 0.6) is 11.5 Å². The number of methoxy groups -OCH3 is 1. The summed E-state index contributed by atoms with van der Waals surface area (Å²) in [5.41, 5.74) is 4.89. The lowest BCUT2D eigenvalue weighted by molar-refractivity contribution is -0.136. The second-order valence-corrected chi connectivity index (χ2v) is 9.42. The largest absolute Gasteiger partial charge is 0.490 e. The SMILES string of the molecule is CCOC(=O)c1cccc(-c2ccc(/C=N/N[C@@H](O)COc3ccc([C@@H]4NC(=O)NC(C)=C4C(=O)OC)cc3OCC)o2)c1. The zero-order valence-corrected chi connectivity index (χ0v) is 24.7. The molecular formula is C31H34N4O9. The van der Waals surface area contributed by atoms with E-state index in [2.05, 4.69) is 21.2 Å². The minimum Gasteiger partial charge on any atom is -0.490 e. The van der Waals surface area contributed by atoms with Crippen molar-refractivity contribution >= 4 is 24.2 Å². The summed E-state index contributed by atoms with van der Waals surface area (Å²) in [6.07, 6.45) is 0.209. The van der Waals surface area contributed by atoms with Gasteiger partial charge in [-0.1, -0.05) is 18.2 Å². The number of aliphatic hydroxyl groups excluding tert-OH is 1. The van der Waals surface area contributed by atoms with Gasteiger partial charge in [-0.25, -0.2) is 14.4 Å². The van der Waals surface area contributed by atoms with Crippen LogP contribution >= 0.6 is 0 Å². The van der Waals surface area contributed by atoms with Gasteiger partial charge in [0, 0.05) is 11.3 Å². The molecule has 0 aliphatic carbocycles. The number of amides is 2. The molecule has 2 aromatic carbocycles. The number of hydrogen-bond donors (Lipinski definition) is 4. The Labute approximate surface area is 253 Å². The van der Waals surface area contributed by atoms with Crippen LogP contribution in [0.15, 0.2) is 75.4 Å². The molecule has 0 saturated heterocycles. The summed E-state index contributed by atoms with van der Waals surface area (Å²) in [5, 5.41) is 19.7. The van der Waals surface area contributed by atoms with E-state index in [4.69, 9.17) is 23.4 Å². The molecule has 1 aliphatic rings. The van der Waals surface area contributed by atoms with Crippen molar-refractivity contribution in [3.63, 3.8) is 0 Å². The highest BCUT2D eigenvalue weighted by Crippen LogP contribution is 2.35. The summed E-state index contributed by atoms with van der Waals surface area (Å²) < 4.78 is 27.2. The highest BCUT2D eigenvalue weighted by molar-refractivity contribution is 5.95. The molecule has 2 atom stereocenters. The second-order valence-electron chi connectivity index (χ2n) is 9.42. The summed E-state index contributed by atoms with van der Waals surface area (Å²) in [5.74, 6) is 0.635. The molecular weight excluding hydrogens is 572 g/mol. The lowest BCUT2D eigenvalue weighted by Gasteiger charge is -2.28. The molecule has 13 nitrogen and oxygen atoms in total. The molecule has 13 heteroatoms. The van der Waals surface area contributed by atoms with E-state index in [1.807, 2.05) is 6.07 Å². The van der Waals surface area contributed by atoms with Gasteiger partial charge in [0.05, 0.1) is 43.7 Å². The summed E-state index contributed by atoms with van der Waals surface area (Å²) in [6, 6.07) is 14.1. The van der Waals surface area contributed by atoms with Crippen molar-refractivity contribution in [2.24, 2.45) is 5.10 Å². The van der Waals surface area contributed by atoms with Gasteiger partial charge in [0.25, 0.3) is 0 Å². The van der Waals surface area contributed by atoms with Gasteiger partial charge in [0.2, 0.25) is 0 Å². The Balaban J connectivity index is 1.38. The lowest BCUT2D eigenvalue weighted by atomic mass is 9.95. The smallest absolute Gasteiger partial charge is 0.338 e. The fourth-order valence-corrected chi connectivity index (χ4v) is 4.40. The molecule has 0 bridgehead atoms. The number of nitrogens with one attached hydrogen (secondary N) is 3. The topological polar surface area (TPSA) is 170 Å². The number of furan rings is 1. The molecule has 0 unspecified atom stereocenters. The number of rotatable bonds is 13. The zero-order valence-electron chi connectivity index (χ0n) is 24.7. The number of hydrazone groups is 1. The summed E-state index contributed by atoms with van der Waals surface area (Å²) in [6.45, 7) is 5.58. The number of hydrogen-bond acceptors (Lipinski definition) is 11. The third kappa shape index (κ3) is 7.75. The quantitative estimate of drug-likeness (QED) is 0.0975. The van der Waals surface area contributed by atoms with Crippen LogP contribution in [0.1, 0.15) is 48.5 Å². The Bertz CT molecular complexity index is 1560. The van der Waals surface area contributed by atoms with E-state index in [-0.39, 0.29) is 18.8 Å². The van der Waals surface area contributed by atoms with E-state index in [0.29, 0.717) is 52.0 Å². The first-order valence-corrected chi connectivity index (χ1v) is 13.8. The number of aliphatic hydroxyl groups is 1. The van der Waals surface area contributed by atoms with Crippen molar-refractivity contribution in [2.75, 3.05) is 26.9 Å². The van der Waals surface area contributed by atoms with Crippen LogP contribution in [-0.4, -0.2) is 62.4 Å². The average molecular weight is 607 g/mol. The molecule has 232 valence electrons. The summed E-state index contributed by atoms with van der Waals surface area (Å²) in [4.78, 5) is 36.6. The zero-order chi connectivity index (χ0) is 31.6. The van der Waals surface area contributed by atoms with Crippen LogP contribution in [-0.2, 0) is 14.3 Å². The molecule has 0 spiro atoms. The Morgan fingerprint density at radius 2 is 1.89 bits per heavy atom. The second kappa shape index (κ2) is 14.7. The van der Waals surface area contributed by atoms with Crippen molar-refractivity contribution in [2.45, 2.75) is 33.0 Å². The van der Waals surface area contributed by atoms with Crippen LogP contribution in [0.4, 0.5) is 4.79 Å². The fourth-order valence-electron chi connectivity index (χ4n) is 4.40. The molecule has 4 rings (SSSR count). The van der Waals surface area contributed by atoms with Gasteiger partial charge < -0.3 is 39.1 Å². The molecule has 44 heavy (non-hydrogen) atoms. The standard InChI is InChI=1S/C31H34N4O9/c1-5-41-25-15-20(28-27(30(38)40-4)18(3)33-31(39)34-28)10-12-24(25)43-17-26(36)35-32-16-22-11-13-23(44-22)19-8-7-9-21(14-19)29(37)42-6-2/h7-16,26,28,35-36H,5-6,17H2,1-4H3,(H2,33,34,39)/b32-16+/t26-,28-/m0/s1. The van der Waals surface area contributed by atoms with E-state index in [9.17, 15) is 19.5 Å². The van der Waals surface area contributed by atoms with Crippen LogP contribution in [0.2, 0.25) is 0 Å². The van der Waals surface area contributed by atoms with E-state index < -0.39 is 30.2 Å². The lowest BCUT2D eigenvalue weighted by Crippen LogP contribution is -2.45. The number of allylic oxidation sites excluding steroid dienone is 1. The van der Waals surface area contributed by atoms with Crippen molar-refractivity contribution in [3.05, 3.63) is 82.8 Å². The van der Waals surface area contributed by atoms with Gasteiger partial charge in [-0.15, -0.1) is 0 Å². The maximum atomic E-state index is 12.4. The number of nitrogens with zero attached hydrogens (tertiary/aromatic N) is 1. The molecule has 0 fully saturated rings. The average Bonchev–Trinajstić information content (AvgIpc) is 3.49. The normalized spacial score (nSPS) is 15.3. The van der Waals surface area contributed by atoms with Gasteiger partial charge in [-0.2, -0.15) is 5.10 Å². The van der Waals surface area contributed by atoms with Gasteiger partial charge in [0.1, 0.15) is 18.1 Å². The highest BCUT2D eigenvalue weighted by atomic mass is 16.5. The third-order valence-corrected chi connectivity index (χ3v) is 6.37. The van der Waals surface area contributed by atoms with E-state index >= 15 is 0 Å². The van der Waals surface area contributed by atoms with Crippen LogP contribution in [0.3, 0.4) is 0 Å². The van der Waals surface area contributed by atoms with Crippen LogP contribution < -0.4 is 25.5 Å². The van der Waals surface area contributed by atoms with E-state index in [0.717, 1.165) is 0 Å². The molecule has 1 aromatic heterocycles. The van der Waals surface area contributed by atoms with Gasteiger partial charge >= 0.3 is 18.0 Å². The molecule has 2 heterocycles. The van der Waals surface area contributed by atoms with Crippen LogP contribution in [0.25, 0.3) is 11.3 Å². The first-order chi connectivity index (χ1) is 21.2. The fraction of sp³-hybridized carbons (Fsp3) is 0.290. The Hall–Kier alpha value is -5.30. The molecule has 4 N–H and O–H groups in total. The Kier molecular flexibility index (Phi) is 10.6. The van der Waals surface area contributed by atoms with Crippen molar-refractivity contribution in [1.29, 1.82) is 0 Å². The number of ether oxygens (including phenoxy) is 4. The Morgan fingerprint density at radius 3 is 2.64 bits per heavy atom. The first-order valence-electron chi connectivity index (χ1n) is 13.8. The van der Waals surface area contributed by atoms with Crippen molar-refractivity contribution in [1.82, 2.24) is 16.1 Å². The predicted molar refractivity (Wildman–Crippen MR) is 159 cm³/mol. The van der Waals surface area contributed by atoms with E-state index in [1.165, 1.54) is 13.3 Å².